The molecule has 1 aromatic rings. The first-order valence-electron chi connectivity index (χ1n) is 4.27. The molecule has 0 aliphatic heterocycles. The average molecular weight is 214 g/mol. The SMILES string of the molecule is CC(C)NC(=O)Nc1ccc(Cl)cn1. The highest BCUT2D eigenvalue weighted by Gasteiger charge is 2.03. The van der Waals surface area contributed by atoms with Gasteiger partial charge in [-0.1, -0.05) is 11.6 Å². The molecule has 0 saturated heterocycles. The van der Waals surface area contributed by atoms with Gasteiger partial charge in [0.25, 0.3) is 0 Å². The highest BCUT2D eigenvalue weighted by atomic mass is 35.5. The fraction of sp³-hybridized carbons (Fsp3) is 0.333. The van der Waals surface area contributed by atoms with Crippen LogP contribution in [0.1, 0.15) is 13.8 Å². The number of nitrogens with one attached hydrogen (secondary N) is 2. The minimum atomic E-state index is -0.269. The molecule has 0 aliphatic rings. The number of hydrogen-bond acceptors (Lipinski definition) is 2. The van der Waals surface area contributed by atoms with Crippen LogP contribution >= 0.6 is 11.6 Å². The molecule has 5 heteroatoms. The molecule has 0 aromatic carbocycles. The summed E-state index contributed by atoms with van der Waals surface area (Å²) in [5, 5.41) is 5.80. The zero-order chi connectivity index (χ0) is 10.6. The van der Waals surface area contributed by atoms with Crippen LogP contribution in [0.2, 0.25) is 5.02 Å². The number of anilines is 1. The van der Waals surface area contributed by atoms with Crippen molar-refractivity contribution in [1.29, 1.82) is 0 Å². The van der Waals surface area contributed by atoms with Crippen molar-refractivity contribution in [2.45, 2.75) is 19.9 Å². The smallest absolute Gasteiger partial charge is 0.320 e. The third-order valence-corrected chi connectivity index (χ3v) is 1.61. The summed E-state index contributed by atoms with van der Waals surface area (Å²) in [7, 11) is 0. The van der Waals surface area contributed by atoms with Crippen molar-refractivity contribution in [2.24, 2.45) is 0 Å². The van der Waals surface area contributed by atoms with E-state index in [4.69, 9.17) is 11.6 Å². The Bertz CT molecular complexity index is 310. The molecule has 1 rings (SSSR count). The van der Waals surface area contributed by atoms with Crippen molar-refractivity contribution in [3.05, 3.63) is 23.4 Å². The Morgan fingerprint density at radius 2 is 2.21 bits per heavy atom. The van der Waals surface area contributed by atoms with E-state index in [1.54, 1.807) is 12.1 Å². The number of amides is 2. The van der Waals surface area contributed by atoms with Crippen molar-refractivity contribution < 1.29 is 4.79 Å². The van der Waals surface area contributed by atoms with Gasteiger partial charge in [-0.05, 0) is 26.0 Å². The van der Waals surface area contributed by atoms with Gasteiger partial charge in [-0.15, -0.1) is 0 Å². The summed E-state index contributed by atoms with van der Waals surface area (Å²) in [5.41, 5.74) is 0. The second-order valence-corrected chi connectivity index (χ2v) is 3.55. The normalized spacial score (nSPS) is 10.0. The molecular weight excluding hydrogens is 202 g/mol. The second kappa shape index (κ2) is 4.81. The molecular formula is C9H12ClN3O. The lowest BCUT2D eigenvalue weighted by atomic mass is 10.4. The van der Waals surface area contributed by atoms with Crippen LogP contribution in [0.4, 0.5) is 10.6 Å². The number of halogens is 1. The minimum Gasteiger partial charge on any atom is -0.336 e. The van der Waals surface area contributed by atoms with E-state index in [2.05, 4.69) is 15.6 Å². The topological polar surface area (TPSA) is 54.0 Å². The Morgan fingerprint density at radius 3 is 2.71 bits per heavy atom. The lowest BCUT2D eigenvalue weighted by molar-refractivity contribution is 0.250. The van der Waals surface area contributed by atoms with Gasteiger partial charge in [-0.2, -0.15) is 0 Å². The summed E-state index contributed by atoms with van der Waals surface area (Å²) in [6, 6.07) is 3.14. The monoisotopic (exact) mass is 213 g/mol. The number of nitrogens with zero attached hydrogens (tertiary/aromatic N) is 1. The molecule has 4 nitrogen and oxygen atoms in total. The molecule has 76 valence electrons. The standard InChI is InChI=1S/C9H12ClN3O/c1-6(2)12-9(14)13-8-4-3-7(10)5-11-8/h3-6H,1-2H3,(H2,11,12,13,14). The predicted molar refractivity (Wildman–Crippen MR) is 56.5 cm³/mol. The summed E-state index contributed by atoms with van der Waals surface area (Å²) in [6.07, 6.45) is 1.48. The molecule has 0 bridgehead atoms. The van der Waals surface area contributed by atoms with E-state index in [0.29, 0.717) is 10.8 Å². The van der Waals surface area contributed by atoms with Gasteiger partial charge >= 0.3 is 6.03 Å². The maximum absolute atomic E-state index is 11.2. The van der Waals surface area contributed by atoms with Gasteiger partial charge in [0.15, 0.2) is 0 Å². The van der Waals surface area contributed by atoms with Gasteiger partial charge in [0.05, 0.1) is 5.02 Å². The Morgan fingerprint density at radius 1 is 1.50 bits per heavy atom. The van der Waals surface area contributed by atoms with Crippen molar-refractivity contribution >= 4 is 23.4 Å². The van der Waals surface area contributed by atoms with Gasteiger partial charge in [0.2, 0.25) is 0 Å². The number of aromatic nitrogens is 1. The van der Waals surface area contributed by atoms with Crippen LogP contribution in [0.15, 0.2) is 18.3 Å². The van der Waals surface area contributed by atoms with Crippen molar-refractivity contribution in [3.8, 4) is 0 Å². The molecule has 2 amide bonds. The van der Waals surface area contributed by atoms with Crippen LogP contribution < -0.4 is 10.6 Å². The van der Waals surface area contributed by atoms with E-state index < -0.39 is 0 Å². The van der Waals surface area contributed by atoms with E-state index in [-0.39, 0.29) is 12.1 Å². The first-order chi connectivity index (χ1) is 6.58. The van der Waals surface area contributed by atoms with Crippen LogP contribution in [-0.2, 0) is 0 Å². The van der Waals surface area contributed by atoms with Crippen molar-refractivity contribution in [1.82, 2.24) is 10.3 Å². The fourth-order valence-corrected chi connectivity index (χ4v) is 0.976. The number of carbonyl (C=O) groups is 1. The number of pyridine rings is 1. The van der Waals surface area contributed by atoms with Crippen LogP contribution in [0.3, 0.4) is 0 Å². The second-order valence-electron chi connectivity index (χ2n) is 3.11. The first-order valence-corrected chi connectivity index (χ1v) is 4.65. The zero-order valence-electron chi connectivity index (χ0n) is 8.04. The van der Waals surface area contributed by atoms with Gasteiger partial charge in [0.1, 0.15) is 5.82 Å². The van der Waals surface area contributed by atoms with Crippen LogP contribution in [0.5, 0.6) is 0 Å². The van der Waals surface area contributed by atoms with Gasteiger partial charge in [-0.3, -0.25) is 5.32 Å². The third-order valence-electron chi connectivity index (χ3n) is 1.39. The molecule has 0 atom stereocenters. The maximum Gasteiger partial charge on any atom is 0.320 e. The highest BCUT2D eigenvalue weighted by molar-refractivity contribution is 6.30. The lowest BCUT2D eigenvalue weighted by Gasteiger charge is -2.09. The number of carbonyl (C=O) groups excluding carboxylic acids is 1. The van der Waals surface area contributed by atoms with Gasteiger partial charge < -0.3 is 5.32 Å². The summed E-state index contributed by atoms with van der Waals surface area (Å²) in [5.74, 6) is 0.479. The molecule has 0 spiro atoms. The predicted octanol–water partition coefficient (Wildman–Crippen LogP) is 2.26. The summed E-state index contributed by atoms with van der Waals surface area (Å²) in [6.45, 7) is 3.77. The molecule has 0 aliphatic carbocycles. The minimum absolute atomic E-state index is 0.0994. The number of hydrogen-bond donors (Lipinski definition) is 2. The van der Waals surface area contributed by atoms with E-state index in [1.165, 1.54) is 6.20 Å². The molecule has 1 aromatic heterocycles. The van der Waals surface area contributed by atoms with Crippen molar-refractivity contribution in [2.75, 3.05) is 5.32 Å². The summed E-state index contributed by atoms with van der Waals surface area (Å²) >= 11 is 5.64. The van der Waals surface area contributed by atoms with Gasteiger partial charge in [-0.25, -0.2) is 9.78 Å². The van der Waals surface area contributed by atoms with E-state index in [9.17, 15) is 4.79 Å². The molecule has 2 N–H and O–H groups in total. The fourth-order valence-electron chi connectivity index (χ4n) is 0.864. The molecule has 1 heterocycles. The highest BCUT2D eigenvalue weighted by Crippen LogP contribution is 2.09. The Labute approximate surface area is 87.7 Å². The Hall–Kier alpha value is -1.29. The number of urea groups is 1. The first kappa shape index (κ1) is 10.8. The molecule has 0 fully saturated rings. The van der Waals surface area contributed by atoms with E-state index in [0.717, 1.165) is 0 Å². The molecule has 0 radical (unpaired) electrons. The molecule has 14 heavy (non-hydrogen) atoms. The van der Waals surface area contributed by atoms with Crippen LogP contribution in [0, 0.1) is 0 Å². The molecule has 0 saturated carbocycles. The lowest BCUT2D eigenvalue weighted by Crippen LogP contribution is -2.34. The van der Waals surface area contributed by atoms with E-state index in [1.807, 2.05) is 13.8 Å². The van der Waals surface area contributed by atoms with E-state index >= 15 is 0 Å². The largest absolute Gasteiger partial charge is 0.336 e. The van der Waals surface area contributed by atoms with Crippen LogP contribution in [-0.4, -0.2) is 17.1 Å². The molecule has 0 unspecified atom stereocenters. The Kier molecular flexibility index (Phi) is 3.71. The quantitative estimate of drug-likeness (QED) is 0.792. The maximum atomic E-state index is 11.2. The average Bonchev–Trinajstić information content (AvgIpc) is 2.07. The van der Waals surface area contributed by atoms with Gasteiger partial charge in [0, 0.05) is 12.2 Å². The Balaban J connectivity index is 2.52. The number of rotatable bonds is 2. The summed E-state index contributed by atoms with van der Waals surface area (Å²) < 4.78 is 0. The van der Waals surface area contributed by atoms with Crippen molar-refractivity contribution in [3.63, 3.8) is 0 Å². The zero-order valence-corrected chi connectivity index (χ0v) is 8.80. The third kappa shape index (κ3) is 3.62. The van der Waals surface area contributed by atoms with Crippen LogP contribution in [0.25, 0.3) is 0 Å². The summed E-state index contributed by atoms with van der Waals surface area (Å²) in [4.78, 5) is 15.1.